The molecule has 1 aromatic heterocycles. The quantitative estimate of drug-likeness (QED) is 0.721. The zero-order valence-electron chi connectivity index (χ0n) is 10.0. The zero-order chi connectivity index (χ0) is 11.9. The van der Waals surface area contributed by atoms with Crippen molar-refractivity contribution in [2.75, 3.05) is 10.6 Å². The minimum Gasteiger partial charge on any atom is -0.354 e. The Labute approximate surface area is 101 Å². The van der Waals surface area contributed by atoms with Crippen LogP contribution in [0.15, 0.2) is 12.3 Å². The van der Waals surface area contributed by atoms with E-state index in [0.717, 1.165) is 42.8 Å². The topological polar surface area (TPSA) is 54.0 Å². The number of aryl methyl sites for hydroxylation is 1. The summed E-state index contributed by atoms with van der Waals surface area (Å²) in [4.78, 5) is 16.6. The van der Waals surface area contributed by atoms with Crippen LogP contribution in [0.1, 0.15) is 37.7 Å². The molecule has 1 saturated carbocycles. The van der Waals surface area contributed by atoms with Crippen molar-refractivity contribution < 1.29 is 4.79 Å². The van der Waals surface area contributed by atoms with Crippen LogP contribution in [0.5, 0.6) is 0 Å². The summed E-state index contributed by atoms with van der Waals surface area (Å²) in [5.41, 5.74) is 1.46. The van der Waals surface area contributed by atoms with Crippen LogP contribution in [0.3, 0.4) is 0 Å². The van der Waals surface area contributed by atoms with Gasteiger partial charge in [0.15, 0.2) is 5.82 Å². The summed E-state index contributed by atoms with van der Waals surface area (Å²) in [7, 11) is 0. The summed E-state index contributed by atoms with van der Waals surface area (Å²) >= 11 is 0. The van der Waals surface area contributed by atoms with Crippen molar-refractivity contribution in [3.63, 3.8) is 0 Å². The maximum atomic E-state index is 12.2. The highest BCUT2D eigenvalue weighted by Gasteiger charge is 2.43. The average molecular weight is 231 g/mol. The van der Waals surface area contributed by atoms with Crippen LogP contribution in [0, 0.1) is 6.92 Å². The SMILES string of the molecule is Cc1cnc2c(c1)NC(=O)C1(CCCCC1)N2. The highest BCUT2D eigenvalue weighted by atomic mass is 16.2. The Kier molecular flexibility index (Phi) is 2.31. The number of pyridine rings is 1. The van der Waals surface area contributed by atoms with Gasteiger partial charge in [-0.2, -0.15) is 0 Å². The number of carbonyl (C=O) groups is 1. The van der Waals surface area contributed by atoms with Crippen LogP contribution >= 0.6 is 0 Å². The van der Waals surface area contributed by atoms with Crippen LogP contribution in [0.25, 0.3) is 0 Å². The number of hydrogen-bond acceptors (Lipinski definition) is 3. The first-order valence-electron chi connectivity index (χ1n) is 6.26. The molecule has 0 unspecified atom stereocenters. The van der Waals surface area contributed by atoms with Gasteiger partial charge in [-0.05, 0) is 31.4 Å². The van der Waals surface area contributed by atoms with Gasteiger partial charge in [0.05, 0.1) is 5.69 Å². The van der Waals surface area contributed by atoms with Crippen molar-refractivity contribution in [1.82, 2.24) is 4.98 Å². The second-order valence-electron chi connectivity index (χ2n) is 5.13. The predicted octanol–water partition coefficient (Wildman–Crippen LogP) is 2.46. The second kappa shape index (κ2) is 3.72. The first-order chi connectivity index (χ1) is 8.20. The van der Waals surface area contributed by atoms with Crippen molar-refractivity contribution in [3.8, 4) is 0 Å². The molecule has 17 heavy (non-hydrogen) atoms. The van der Waals surface area contributed by atoms with Gasteiger partial charge < -0.3 is 10.6 Å². The maximum absolute atomic E-state index is 12.2. The standard InChI is InChI=1S/C13H17N3O/c1-9-7-10-11(14-8-9)16-13(12(17)15-10)5-3-2-4-6-13/h7-8H,2-6H2,1H3,(H,14,16)(H,15,17). The Hall–Kier alpha value is -1.58. The lowest BCUT2D eigenvalue weighted by atomic mass is 9.80. The largest absolute Gasteiger partial charge is 0.354 e. The number of nitrogens with one attached hydrogen (secondary N) is 2. The Morgan fingerprint density at radius 3 is 2.82 bits per heavy atom. The minimum absolute atomic E-state index is 0.108. The smallest absolute Gasteiger partial charge is 0.250 e. The highest BCUT2D eigenvalue weighted by molar-refractivity contribution is 6.05. The van der Waals surface area contributed by atoms with Gasteiger partial charge in [-0.25, -0.2) is 4.98 Å². The van der Waals surface area contributed by atoms with Gasteiger partial charge in [-0.15, -0.1) is 0 Å². The number of anilines is 2. The second-order valence-corrected chi connectivity index (χ2v) is 5.13. The Morgan fingerprint density at radius 2 is 2.06 bits per heavy atom. The number of amides is 1. The summed E-state index contributed by atoms with van der Waals surface area (Å²) in [6.07, 6.45) is 7.11. The fourth-order valence-corrected chi connectivity index (χ4v) is 2.80. The van der Waals surface area contributed by atoms with E-state index in [1.807, 2.05) is 19.2 Å². The molecule has 0 bridgehead atoms. The lowest BCUT2D eigenvalue weighted by Gasteiger charge is -2.40. The van der Waals surface area contributed by atoms with Crippen molar-refractivity contribution in [2.45, 2.75) is 44.6 Å². The van der Waals surface area contributed by atoms with E-state index < -0.39 is 5.54 Å². The molecule has 0 atom stereocenters. The molecular weight excluding hydrogens is 214 g/mol. The highest BCUT2D eigenvalue weighted by Crippen LogP contribution is 2.37. The molecule has 1 aliphatic heterocycles. The number of hydrogen-bond donors (Lipinski definition) is 2. The van der Waals surface area contributed by atoms with Gasteiger partial charge in [0.1, 0.15) is 5.54 Å². The third-order valence-electron chi connectivity index (χ3n) is 3.77. The molecule has 0 saturated heterocycles. The first-order valence-corrected chi connectivity index (χ1v) is 6.26. The molecule has 2 N–H and O–H groups in total. The monoisotopic (exact) mass is 231 g/mol. The van der Waals surface area contributed by atoms with Crippen molar-refractivity contribution in [1.29, 1.82) is 0 Å². The molecule has 1 fully saturated rings. The summed E-state index contributed by atoms with van der Waals surface area (Å²) in [5.74, 6) is 0.925. The maximum Gasteiger partial charge on any atom is 0.250 e. The number of rotatable bonds is 0. The molecule has 3 rings (SSSR count). The molecule has 2 aliphatic rings. The number of aromatic nitrogens is 1. The van der Waals surface area contributed by atoms with Crippen LogP contribution in [0.4, 0.5) is 11.5 Å². The van der Waals surface area contributed by atoms with Crippen LogP contribution in [0.2, 0.25) is 0 Å². The van der Waals surface area contributed by atoms with Gasteiger partial charge in [0.2, 0.25) is 5.91 Å². The first kappa shape index (κ1) is 10.6. The van der Waals surface area contributed by atoms with E-state index in [0.29, 0.717) is 0 Å². The summed E-state index contributed by atoms with van der Waals surface area (Å²) in [6, 6.07) is 1.96. The van der Waals surface area contributed by atoms with Crippen molar-refractivity contribution in [2.24, 2.45) is 0 Å². The lowest BCUT2D eigenvalue weighted by molar-refractivity contribution is -0.121. The summed E-state index contributed by atoms with van der Waals surface area (Å²) < 4.78 is 0. The Balaban J connectivity index is 1.97. The molecule has 0 radical (unpaired) electrons. The zero-order valence-corrected chi connectivity index (χ0v) is 10.0. The third-order valence-corrected chi connectivity index (χ3v) is 3.77. The van der Waals surface area contributed by atoms with Gasteiger partial charge >= 0.3 is 0 Å². The third kappa shape index (κ3) is 1.68. The van der Waals surface area contributed by atoms with E-state index in [2.05, 4.69) is 15.6 Å². The van der Waals surface area contributed by atoms with E-state index in [4.69, 9.17) is 0 Å². The Bertz CT molecular complexity index is 464. The molecule has 1 aliphatic carbocycles. The molecule has 1 spiro atoms. The predicted molar refractivity (Wildman–Crippen MR) is 67.0 cm³/mol. The molecule has 1 aromatic rings. The van der Waals surface area contributed by atoms with Crippen molar-refractivity contribution >= 4 is 17.4 Å². The molecule has 4 heteroatoms. The lowest BCUT2D eigenvalue weighted by Crippen LogP contribution is -2.53. The molecule has 90 valence electrons. The minimum atomic E-state index is -0.409. The average Bonchev–Trinajstić information content (AvgIpc) is 2.33. The molecule has 1 amide bonds. The number of carbonyl (C=O) groups excluding carboxylic acids is 1. The van der Waals surface area contributed by atoms with Crippen molar-refractivity contribution in [3.05, 3.63) is 17.8 Å². The number of fused-ring (bicyclic) bond motifs is 1. The molecule has 4 nitrogen and oxygen atoms in total. The molecular formula is C13H17N3O. The van der Waals surface area contributed by atoms with Gasteiger partial charge in [-0.3, -0.25) is 4.79 Å². The Morgan fingerprint density at radius 1 is 1.29 bits per heavy atom. The van der Waals surface area contributed by atoms with Crippen LogP contribution in [-0.4, -0.2) is 16.4 Å². The van der Waals surface area contributed by atoms with E-state index in [-0.39, 0.29) is 5.91 Å². The van der Waals surface area contributed by atoms with E-state index in [1.165, 1.54) is 6.42 Å². The van der Waals surface area contributed by atoms with Crippen LogP contribution < -0.4 is 10.6 Å². The number of nitrogens with zero attached hydrogens (tertiary/aromatic N) is 1. The van der Waals surface area contributed by atoms with Crippen LogP contribution in [-0.2, 0) is 4.79 Å². The molecule has 0 aromatic carbocycles. The van der Waals surface area contributed by atoms with Gasteiger partial charge in [0.25, 0.3) is 0 Å². The van der Waals surface area contributed by atoms with Gasteiger partial charge in [0, 0.05) is 6.20 Å². The van der Waals surface area contributed by atoms with E-state index in [9.17, 15) is 4.79 Å². The van der Waals surface area contributed by atoms with Gasteiger partial charge in [-0.1, -0.05) is 19.3 Å². The fourth-order valence-electron chi connectivity index (χ4n) is 2.80. The van der Waals surface area contributed by atoms with E-state index >= 15 is 0 Å². The van der Waals surface area contributed by atoms with E-state index in [1.54, 1.807) is 0 Å². The fraction of sp³-hybridized carbons (Fsp3) is 0.538. The molecule has 2 heterocycles. The summed E-state index contributed by atoms with van der Waals surface area (Å²) in [5, 5.41) is 6.36. The normalized spacial score (nSPS) is 21.6. The summed E-state index contributed by atoms with van der Waals surface area (Å²) in [6.45, 7) is 1.98.